The Morgan fingerprint density at radius 2 is 2.11 bits per heavy atom. The van der Waals surface area contributed by atoms with E-state index in [0.717, 1.165) is 41.0 Å². The Hall–Kier alpha value is -3.19. The number of benzene rings is 1. The Morgan fingerprint density at radius 1 is 1.22 bits per heavy atom. The fourth-order valence-corrected chi connectivity index (χ4v) is 3.81. The number of imidazole rings is 1. The number of aromatic amines is 2. The van der Waals surface area contributed by atoms with Crippen LogP contribution in [0.2, 0.25) is 0 Å². The standard InChI is InChI=1S/C20H18FN5O/c21-16-3-1-13(2-4-16)18-15(9-24-25-18)10-26-7-5-17-19(23-12-22-17)20(26)14-6-8-27-11-14/h1-4,6,8-9,11-12,20H,5,7,10H2,(H,22,23)(H,24,25)/t20-/m1/s1. The quantitative estimate of drug-likeness (QED) is 0.580. The molecule has 136 valence electrons. The van der Waals surface area contributed by atoms with Gasteiger partial charge in [0.1, 0.15) is 5.82 Å². The number of hydrogen-bond acceptors (Lipinski definition) is 4. The highest BCUT2D eigenvalue weighted by Gasteiger charge is 2.32. The predicted molar refractivity (Wildman–Crippen MR) is 97.2 cm³/mol. The van der Waals surface area contributed by atoms with Gasteiger partial charge in [-0.3, -0.25) is 10.00 Å². The molecule has 0 spiro atoms. The van der Waals surface area contributed by atoms with Crippen LogP contribution >= 0.6 is 0 Å². The molecule has 1 aliphatic rings. The molecule has 1 atom stereocenters. The summed E-state index contributed by atoms with van der Waals surface area (Å²) in [6.07, 6.45) is 7.97. The van der Waals surface area contributed by atoms with Crippen LogP contribution in [0, 0.1) is 5.82 Å². The first-order valence-electron chi connectivity index (χ1n) is 8.86. The lowest BCUT2D eigenvalue weighted by atomic mass is 9.96. The maximum atomic E-state index is 13.3. The van der Waals surface area contributed by atoms with Crippen molar-refractivity contribution in [2.24, 2.45) is 0 Å². The van der Waals surface area contributed by atoms with E-state index in [-0.39, 0.29) is 11.9 Å². The van der Waals surface area contributed by atoms with Gasteiger partial charge in [0.15, 0.2) is 0 Å². The first-order valence-corrected chi connectivity index (χ1v) is 8.86. The Bertz CT molecular complexity index is 1030. The zero-order chi connectivity index (χ0) is 18.2. The molecule has 0 bridgehead atoms. The normalized spacial score (nSPS) is 17.1. The van der Waals surface area contributed by atoms with E-state index in [1.54, 1.807) is 31.0 Å². The number of furan rings is 1. The number of H-pyrrole nitrogens is 2. The smallest absolute Gasteiger partial charge is 0.123 e. The van der Waals surface area contributed by atoms with Crippen LogP contribution in [0.1, 0.15) is 28.6 Å². The first kappa shape index (κ1) is 16.0. The van der Waals surface area contributed by atoms with Gasteiger partial charge >= 0.3 is 0 Å². The molecule has 0 saturated carbocycles. The Kier molecular flexibility index (Phi) is 3.86. The predicted octanol–water partition coefficient (Wildman–Crippen LogP) is 3.68. The van der Waals surface area contributed by atoms with Crippen molar-refractivity contribution in [3.8, 4) is 11.3 Å². The minimum atomic E-state index is -0.248. The second kappa shape index (κ2) is 6.51. The molecule has 6 nitrogen and oxygen atoms in total. The summed E-state index contributed by atoms with van der Waals surface area (Å²) in [6.45, 7) is 1.59. The van der Waals surface area contributed by atoms with E-state index in [1.165, 1.54) is 17.8 Å². The van der Waals surface area contributed by atoms with E-state index >= 15 is 0 Å². The summed E-state index contributed by atoms with van der Waals surface area (Å²) in [5.74, 6) is -0.248. The van der Waals surface area contributed by atoms with Gasteiger partial charge in [0.05, 0.1) is 42.5 Å². The van der Waals surface area contributed by atoms with Gasteiger partial charge in [-0.15, -0.1) is 0 Å². The molecular weight excluding hydrogens is 345 g/mol. The second-order valence-corrected chi connectivity index (χ2v) is 6.72. The lowest BCUT2D eigenvalue weighted by Crippen LogP contribution is -2.35. The molecule has 0 saturated heterocycles. The number of hydrogen-bond donors (Lipinski definition) is 2. The van der Waals surface area contributed by atoms with Crippen LogP contribution in [-0.2, 0) is 13.0 Å². The summed E-state index contributed by atoms with van der Waals surface area (Å²) in [5, 5.41) is 7.28. The molecule has 0 amide bonds. The van der Waals surface area contributed by atoms with Gasteiger partial charge in [-0.1, -0.05) is 0 Å². The third-order valence-electron chi connectivity index (χ3n) is 5.11. The monoisotopic (exact) mass is 363 g/mol. The van der Waals surface area contributed by atoms with Crippen LogP contribution in [0.15, 0.2) is 59.8 Å². The van der Waals surface area contributed by atoms with E-state index in [4.69, 9.17) is 4.42 Å². The number of fused-ring (bicyclic) bond motifs is 1. The highest BCUT2D eigenvalue weighted by Crippen LogP contribution is 2.35. The fourth-order valence-electron chi connectivity index (χ4n) is 3.81. The van der Waals surface area contributed by atoms with Gasteiger partial charge in [-0.25, -0.2) is 9.37 Å². The highest BCUT2D eigenvalue weighted by atomic mass is 19.1. The first-order chi connectivity index (χ1) is 13.3. The third-order valence-corrected chi connectivity index (χ3v) is 5.11. The van der Waals surface area contributed by atoms with Crippen molar-refractivity contribution in [1.82, 2.24) is 25.1 Å². The van der Waals surface area contributed by atoms with Gasteiger partial charge < -0.3 is 9.40 Å². The minimum Gasteiger partial charge on any atom is -0.472 e. The average Bonchev–Trinajstić information content (AvgIpc) is 3.44. The van der Waals surface area contributed by atoms with Crippen LogP contribution < -0.4 is 0 Å². The summed E-state index contributed by atoms with van der Waals surface area (Å²) < 4.78 is 18.6. The van der Waals surface area contributed by atoms with E-state index < -0.39 is 0 Å². The van der Waals surface area contributed by atoms with Crippen molar-refractivity contribution in [2.75, 3.05) is 6.54 Å². The summed E-state index contributed by atoms with van der Waals surface area (Å²) in [7, 11) is 0. The summed E-state index contributed by atoms with van der Waals surface area (Å²) in [6, 6.07) is 8.47. The van der Waals surface area contributed by atoms with Crippen LogP contribution in [0.5, 0.6) is 0 Å². The molecule has 1 aliphatic heterocycles. The van der Waals surface area contributed by atoms with E-state index in [0.29, 0.717) is 6.54 Å². The van der Waals surface area contributed by atoms with Gasteiger partial charge in [0, 0.05) is 41.9 Å². The highest BCUT2D eigenvalue weighted by molar-refractivity contribution is 5.62. The number of nitrogens with zero attached hydrogens (tertiary/aromatic N) is 3. The topological polar surface area (TPSA) is 73.7 Å². The van der Waals surface area contributed by atoms with Crippen molar-refractivity contribution >= 4 is 0 Å². The van der Waals surface area contributed by atoms with E-state index in [1.807, 2.05) is 12.3 Å². The molecule has 2 N–H and O–H groups in total. The molecule has 1 aromatic carbocycles. The lowest BCUT2D eigenvalue weighted by Gasteiger charge is -2.34. The van der Waals surface area contributed by atoms with Crippen LogP contribution in [0.25, 0.3) is 11.3 Å². The second-order valence-electron chi connectivity index (χ2n) is 6.72. The van der Waals surface area contributed by atoms with Crippen molar-refractivity contribution in [3.05, 3.63) is 83.7 Å². The van der Waals surface area contributed by atoms with Crippen LogP contribution in [-0.4, -0.2) is 31.6 Å². The number of nitrogens with one attached hydrogen (secondary N) is 2. The van der Waals surface area contributed by atoms with Crippen LogP contribution in [0.4, 0.5) is 4.39 Å². The minimum absolute atomic E-state index is 0.0229. The molecule has 27 heavy (non-hydrogen) atoms. The fraction of sp³-hybridized carbons (Fsp3) is 0.200. The van der Waals surface area contributed by atoms with Crippen molar-refractivity contribution in [3.63, 3.8) is 0 Å². The zero-order valence-electron chi connectivity index (χ0n) is 14.5. The number of rotatable bonds is 4. The molecule has 3 aromatic heterocycles. The Labute approximate surface area is 155 Å². The van der Waals surface area contributed by atoms with Crippen LogP contribution in [0.3, 0.4) is 0 Å². The molecule has 4 aromatic rings. The zero-order valence-corrected chi connectivity index (χ0v) is 14.5. The molecule has 0 radical (unpaired) electrons. The van der Waals surface area contributed by atoms with Gasteiger partial charge in [-0.2, -0.15) is 5.10 Å². The molecule has 4 heterocycles. The van der Waals surface area contributed by atoms with Crippen molar-refractivity contribution < 1.29 is 8.81 Å². The Balaban J connectivity index is 1.49. The molecule has 0 unspecified atom stereocenters. The SMILES string of the molecule is Fc1ccc(-c2[nH]ncc2CN2CCc3[nH]cnc3[C@H]2c2ccoc2)cc1. The van der Waals surface area contributed by atoms with Gasteiger partial charge in [0.25, 0.3) is 0 Å². The number of halogens is 1. The summed E-state index contributed by atoms with van der Waals surface area (Å²) in [4.78, 5) is 10.2. The van der Waals surface area contributed by atoms with E-state index in [9.17, 15) is 4.39 Å². The lowest BCUT2D eigenvalue weighted by molar-refractivity contribution is 0.200. The average molecular weight is 363 g/mol. The Morgan fingerprint density at radius 3 is 2.93 bits per heavy atom. The van der Waals surface area contributed by atoms with Gasteiger partial charge in [0.2, 0.25) is 0 Å². The van der Waals surface area contributed by atoms with Crippen molar-refractivity contribution in [2.45, 2.75) is 19.0 Å². The summed E-state index contributed by atoms with van der Waals surface area (Å²) in [5.41, 5.74) is 6.18. The summed E-state index contributed by atoms with van der Waals surface area (Å²) >= 11 is 0. The number of aromatic nitrogens is 4. The largest absolute Gasteiger partial charge is 0.472 e. The molecule has 0 aliphatic carbocycles. The maximum absolute atomic E-state index is 13.3. The molecule has 5 rings (SSSR count). The van der Waals surface area contributed by atoms with E-state index in [2.05, 4.69) is 25.1 Å². The molecular formula is C20H18FN5O. The molecule has 0 fully saturated rings. The van der Waals surface area contributed by atoms with Gasteiger partial charge in [-0.05, 0) is 30.3 Å². The maximum Gasteiger partial charge on any atom is 0.123 e. The third kappa shape index (κ3) is 2.86. The molecule has 7 heteroatoms. The van der Waals surface area contributed by atoms with Crippen molar-refractivity contribution in [1.29, 1.82) is 0 Å².